The summed E-state index contributed by atoms with van der Waals surface area (Å²) >= 11 is 0. The van der Waals surface area contributed by atoms with Crippen molar-refractivity contribution < 1.29 is 9.90 Å². The highest BCUT2D eigenvalue weighted by Crippen LogP contribution is 2.22. The van der Waals surface area contributed by atoms with Gasteiger partial charge in [0, 0.05) is 17.4 Å². The molecule has 0 radical (unpaired) electrons. The third-order valence-electron chi connectivity index (χ3n) is 2.06. The van der Waals surface area contributed by atoms with Gasteiger partial charge >= 0.3 is 5.97 Å². The van der Waals surface area contributed by atoms with E-state index < -0.39 is 5.97 Å². The molecule has 0 heterocycles. The van der Waals surface area contributed by atoms with Gasteiger partial charge in [0.2, 0.25) is 0 Å². The van der Waals surface area contributed by atoms with Gasteiger partial charge in [0.25, 0.3) is 0 Å². The molecule has 0 fully saturated rings. The molecule has 0 aliphatic carbocycles. The summed E-state index contributed by atoms with van der Waals surface area (Å²) in [6.07, 6.45) is 0.424. The number of nitrogen functional groups attached to an aromatic ring is 2. The molecule has 0 aromatic heterocycles. The Morgan fingerprint density at radius 1 is 1.47 bits per heavy atom. The Balaban J connectivity index is 3.27. The van der Waals surface area contributed by atoms with Crippen molar-refractivity contribution in [2.24, 2.45) is 5.73 Å². The first-order chi connectivity index (χ1) is 6.91. The highest BCUT2D eigenvalue weighted by atomic mass is 16.4. The molecular weight excluding hydrogens is 194 g/mol. The number of anilines is 2. The largest absolute Gasteiger partial charge is 0.478 e. The fourth-order valence-corrected chi connectivity index (χ4v) is 1.46. The summed E-state index contributed by atoms with van der Waals surface area (Å²) in [6, 6.07) is 2.80. The molecule has 0 saturated heterocycles. The Hall–Kier alpha value is -1.75. The first-order valence-corrected chi connectivity index (χ1v) is 4.58. The van der Waals surface area contributed by atoms with Crippen molar-refractivity contribution in [1.29, 1.82) is 0 Å². The average Bonchev–Trinajstić information content (AvgIpc) is 2.08. The van der Waals surface area contributed by atoms with Crippen LogP contribution in [0, 0.1) is 0 Å². The maximum atomic E-state index is 11.0. The molecule has 0 amide bonds. The molecule has 1 atom stereocenters. The highest BCUT2D eigenvalue weighted by Gasteiger charge is 2.15. The standard InChI is InChI=1S/C10H15N3O2/c1-5(11)2-7-8(10(14)15)3-6(12)4-9(7)13/h3-5H,2,11-13H2,1H3,(H,14,15)/t5-/m1/s1. The van der Waals surface area contributed by atoms with Crippen LogP contribution in [0.15, 0.2) is 12.1 Å². The van der Waals surface area contributed by atoms with Crippen molar-refractivity contribution in [3.05, 3.63) is 23.3 Å². The van der Waals surface area contributed by atoms with Crippen LogP contribution in [0.5, 0.6) is 0 Å². The number of nitrogens with two attached hydrogens (primary N) is 3. The second-order valence-corrected chi connectivity index (χ2v) is 3.62. The van der Waals surface area contributed by atoms with Crippen molar-refractivity contribution in [3.63, 3.8) is 0 Å². The molecule has 0 aliphatic rings. The predicted octanol–water partition coefficient (Wildman–Crippen LogP) is 0.439. The first-order valence-electron chi connectivity index (χ1n) is 4.58. The molecule has 0 bridgehead atoms. The first kappa shape index (κ1) is 11.3. The Kier molecular flexibility index (Phi) is 3.16. The Morgan fingerprint density at radius 2 is 2.07 bits per heavy atom. The second-order valence-electron chi connectivity index (χ2n) is 3.62. The van der Waals surface area contributed by atoms with Gasteiger partial charge in [-0.05, 0) is 31.0 Å². The molecule has 82 valence electrons. The summed E-state index contributed by atoms with van der Waals surface area (Å²) in [5.74, 6) is -1.04. The third-order valence-corrected chi connectivity index (χ3v) is 2.06. The van der Waals surface area contributed by atoms with Crippen LogP contribution < -0.4 is 17.2 Å². The molecule has 1 aromatic rings. The van der Waals surface area contributed by atoms with Crippen LogP contribution in [0.2, 0.25) is 0 Å². The minimum Gasteiger partial charge on any atom is -0.478 e. The zero-order valence-corrected chi connectivity index (χ0v) is 8.53. The lowest BCUT2D eigenvalue weighted by Gasteiger charge is -2.12. The van der Waals surface area contributed by atoms with E-state index in [1.165, 1.54) is 6.07 Å². The number of carboxylic acid groups (broad SMARTS) is 1. The number of aromatic carboxylic acids is 1. The van der Waals surface area contributed by atoms with E-state index in [4.69, 9.17) is 22.3 Å². The molecule has 15 heavy (non-hydrogen) atoms. The number of rotatable bonds is 3. The van der Waals surface area contributed by atoms with Crippen LogP contribution in [0.4, 0.5) is 11.4 Å². The van der Waals surface area contributed by atoms with Gasteiger partial charge in [0.05, 0.1) is 5.56 Å². The van der Waals surface area contributed by atoms with Gasteiger partial charge < -0.3 is 22.3 Å². The van der Waals surface area contributed by atoms with Gasteiger partial charge in [-0.3, -0.25) is 0 Å². The van der Waals surface area contributed by atoms with E-state index in [2.05, 4.69) is 0 Å². The zero-order chi connectivity index (χ0) is 11.6. The van der Waals surface area contributed by atoms with Gasteiger partial charge in [0.1, 0.15) is 0 Å². The smallest absolute Gasteiger partial charge is 0.336 e. The number of carboxylic acids is 1. The fourth-order valence-electron chi connectivity index (χ4n) is 1.46. The van der Waals surface area contributed by atoms with Crippen molar-refractivity contribution in [3.8, 4) is 0 Å². The monoisotopic (exact) mass is 209 g/mol. The molecule has 1 aromatic carbocycles. The van der Waals surface area contributed by atoms with E-state index in [0.717, 1.165) is 0 Å². The molecule has 0 spiro atoms. The van der Waals surface area contributed by atoms with E-state index in [1.54, 1.807) is 13.0 Å². The lowest BCUT2D eigenvalue weighted by Crippen LogP contribution is -2.21. The summed E-state index contributed by atoms with van der Waals surface area (Å²) in [7, 11) is 0. The lowest BCUT2D eigenvalue weighted by molar-refractivity contribution is 0.0696. The van der Waals surface area contributed by atoms with Crippen molar-refractivity contribution in [2.45, 2.75) is 19.4 Å². The fraction of sp³-hybridized carbons (Fsp3) is 0.300. The van der Waals surface area contributed by atoms with Crippen molar-refractivity contribution in [1.82, 2.24) is 0 Å². The van der Waals surface area contributed by atoms with E-state index in [0.29, 0.717) is 23.4 Å². The molecule has 0 saturated carbocycles. The van der Waals surface area contributed by atoms with Crippen LogP contribution in [0.3, 0.4) is 0 Å². The van der Waals surface area contributed by atoms with Crippen molar-refractivity contribution in [2.75, 3.05) is 11.5 Å². The number of hydrogen-bond donors (Lipinski definition) is 4. The SMILES string of the molecule is C[C@@H](N)Cc1c(N)cc(N)cc1C(=O)O. The lowest BCUT2D eigenvalue weighted by atomic mass is 9.98. The second kappa shape index (κ2) is 4.18. The minimum absolute atomic E-state index is 0.129. The molecule has 5 nitrogen and oxygen atoms in total. The molecule has 7 N–H and O–H groups in total. The maximum Gasteiger partial charge on any atom is 0.336 e. The van der Waals surface area contributed by atoms with Crippen molar-refractivity contribution >= 4 is 17.3 Å². The Morgan fingerprint density at radius 3 is 2.53 bits per heavy atom. The van der Waals surface area contributed by atoms with Crippen LogP contribution in [0.25, 0.3) is 0 Å². The topological polar surface area (TPSA) is 115 Å². The minimum atomic E-state index is -1.04. The molecule has 0 unspecified atom stereocenters. The van der Waals surface area contributed by atoms with Gasteiger partial charge in [-0.25, -0.2) is 4.79 Å². The normalized spacial score (nSPS) is 12.4. The summed E-state index contributed by atoms with van der Waals surface area (Å²) in [4.78, 5) is 11.0. The Labute approximate surface area is 87.9 Å². The van der Waals surface area contributed by atoms with E-state index in [1.807, 2.05) is 0 Å². The van der Waals surface area contributed by atoms with Gasteiger partial charge in [0.15, 0.2) is 0 Å². The predicted molar refractivity (Wildman–Crippen MR) is 59.6 cm³/mol. The van der Waals surface area contributed by atoms with Crippen LogP contribution in [-0.2, 0) is 6.42 Å². The molecular formula is C10H15N3O2. The quantitative estimate of drug-likeness (QED) is 0.539. The van der Waals surface area contributed by atoms with Gasteiger partial charge in [-0.15, -0.1) is 0 Å². The van der Waals surface area contributed by atoms with Crippen LogP contribution in [0.1, 0.15) is 22.8 Å². The summed E-state index contributed by atoms with van der Waals surface area (Å²) in [5.41, 5.74) is 18.3. The summed E-state index contributed by atoms with van der Waals surface area (Å²) in [5, 5.41) is 8.98. The molecule has 5 heteroatoms. The number of benzene rings is 1. The summed E-state index contributed by atoms with van der Waals surface area (Å²) in [6.45, 7) is 1.79. The summed E-state index contributed by atoms with van der Waals surface area (Å²) < 4.78 is 0. The maximum absolute atomic E-state index is 11.0. The van der Waals surface area contributed by atoms with Crippen LogP contribution in [-0.4, -0.2) is 17.1 Å². The van der Waals surface area contributed by atoms with E-state index in [-0.39, 0.29) is 11.6 Å². The van der Waals surface area contributed by atoms with E-state index >= 15 is 0 Å². The zero-order valence-electron chi connectivity index (χ0n) is 8.53. The van der Waals surface area contributed by atoms with Crippen LogP contribution >= 0.6 is 0 Å². The number of hydrogen-bond acceptors (Lipinski definition) is 4. The average molecular weight is 209 g/mol. The third kappa shape index (κ3) is 2.60. The molecule has 0 aliphatic heterocycles. The highest BCUT2D eigenvalue weighted by molar-refractivity contribution is 5.92. The van der Waals surface area contributed by atoms with E-state index in [9.17, 15) is 4.79 Å². The Bertz CT molecular complexity index is 388. The van der Waals surface area contributed by atoms with Gasteiger partial charge in [-0.2, -0.15) is 0 Å². The van der Waals surface area contributed by atoms with Gasteiger partial charge in [-0.1, -0.05) is 0 Å². The number of carbonyl (C=O) groups is 1. The molecule has 1 rings (SSSR count).